The van der Waals surface area contributed by atoms with E-state index in [0.717, 1.165) is 11.3 Å². The van der Waals surface area contributed by atoms with Crippen LogP contribution in [0.2, 0.25) is 0 Å². The minimum Gasteiger partial charge on any atom is -0.496 e. The van der Waals surface area contributed by atoms with Gasteiger partial charge in [0, 0.05) is 11.3 Å². The second-order valence-corrected chi connectivity index (χ2v) is 8.92. The Labute approximate surface area is 213 Å². The maximum absolute atomic E-state index is 13.5. The van der Waals surface area contributed by atoms with Gasteiger partial charge in [-0.1, -0.05) is 30.3 Å². The number of nitrogens with one attached hydrogen (secondary N) is 1. The molecule has 184 valence electrons. The second kappa shape index (κ2) is 8.98. The number of fused-ring (bicyclic) bond motifs is 2. The zero-order chi connectivity index (χ0) is 25.5. The number of carbonyl (C=O) groups excluding carboxylic acids is 3. The highest BCUT2D eigenvalue weighted by atomic mass is 16.5. The minimum atomic E-state index is -0.515. The van der Waals surface area contributed by atoms with Gasteiger partial charge in [0.1, 0.15) is 17.7 Å². The van der Waals surface area contributed by atoms with Crippen molar-refractivity contribution in [3.05, 3.63) is 119 Å². The summed E-state index contributed by atoms with van der Waals surface area (Å²) in [6.45, 7) is 0.302. The number of imide groups is 1. The van der Waals surface area contributed by atoms with E-state index in [0.29, 0.717) is 33.8 Å². The van der Waals surface area contributed by atoms with Gasteiger partial charge in [-0.25, -0.2) is 0 Å². The van der Waals surface area contributed by atoms with Crippen LogP contribution in [0, 0.1) is 0 Å². The van der Waals surface area contributed by atoms with Crippen LogP contribution < -0.4 is 10.1 Å². The SMILES string of the molecule is COc1ccc([C@@H]2Nc3ccccc3C(=O)N2Cc2ccco2)cc1CN1C(=O)c2ccccc2C1=O. The summed E-state index contributed by atoms with van der Waals surface area (Å²) >= 11 is 0. The van der Waals surface area contributed by atoms with Crippen molar-refractivity contribution >= 4 is 23.4 Å². The van der Waals surface area contributed by atoms with Gasteiger partial charge in [-0.2, -0.15) is 0 Å². The molecule has 6 rings (SSSR count). The molecular formula is C29H23N3O5. The van der Waals surface area contributed by atoms with Gasteiger partial charge < -0.3 is 19.4 Å². The molecule has 3 amide bonds. The zero-order valence-corrected chi connectivity index (χ0v) is 20.0. The number of hydrogen-bond acceptors (Lipinski definition) is 6. The van der Waals surface area contributed by atoms with Crippen LogP contribution in [-0.4, -0.2) is 34.6 Å². The Morgan fingerprint density at radius 3 is 2.19 bits per heavy atom. The molecule has 0 unspecified atom stereocenters. The van der Waals surface area contributed by atoms with Crippen molar-refractivity contribution in [2.75, 3.05) is 12.4 Å². The molecule has 0 saturated heterocycles. The van der Waals surface area contributed by atoms with Gasteiger partial charge in [0.25, 0.3) is 17.7 Å². The fourth-order valence-corrected chi connectivity index (χ4v) is 4.93. The topological polar surface area (TPSA) is 92.1 Å². The number of benzene rings is 3. The van der Waals surface area contributed by atoms with E-state index in [-0.39, 0.29) is 30.8 Å². The maximum atomic E-state index is 13.5. The lowest BCUT2D eigenvalue weighted by Gasteiger charge is -2.38. The first-order valence-corrected chi connectivity index (χ1v) is 11.9. The van der Waals surface area contributed by atoms with Crippen molar-refractivity contribution in [1.82, 2.24) is 9.80 Å². The third-order valence-corrected chi connectivity index (χ3v) is 6.76. The molecule has 1 aromatic heterocycles. The smallest absolute Gasteiger partial charge is 0.261 e. The molecule has 8 heteroatoms. The maximum Gasteiger partial charge on any atom is 0.261 e. The molecular weight excluding hydrogens is 470 g/mol. The van der Waals surface area contributed by atoms with Gasteiger partial charge in [-0.05, 0) is 54.1 Å². The van der Waals surface area contributed by atoms with E-state index in [1.54, 1.807) is 60.7 Å². The number of carbonyl (C=O) groups is 3. The summed E-state index contributed by atoms with van der Waals surface area (Å²) in [5.74, 6) is 0.382. The first-order valence-electron chi connectivity index (χ1n) is 11.9. The van der Waals surface area contributed by atoms with Gasteiger partial charge >= 0.3 is 0 Å². The number of nitrogens with zero attached hydrogens (tertiary/aromatic N) is 2. The Kier molecular flexibility index (Phi) is 5.49. The third kappa shape index (κ3) is 3.83. The Hall–Kier alpha value is -4.85. The van der Waals surface area contributed by atoms with Crippen molar-refractivity contribution < 1.29 is 23.5 Å². The molecule has 0 spiro atoms. The second-order valence-electron chi connectivity index (χ2n) is 8.92. The van der Waals surface area contributed by atoms with E-state index in [9.17, 15) is 14.4 Å². The monoisotopic (exact) mass is 493 g/mol. The standard InChI is InChI=1S/C29H23N3O5/c1-36-25-13-12-18(15-19(25)16-32-27(33)21-8-2-3-9-22(21)28(32)34)26-30-24-11-5-4-10-23(24)29(35)31(26)17-20-7-6-14-37-20/h2-15,26,30H,16-17H2,1H3/t26-/m1/s1. The van der Waals surface area contributed by atoms with Gasteiger partial charge in [0.2, 0.25) is 0 Å². The predicted octanol–water partition coefficient (Wildman–Crippen LogP) is 4.85. The summed E-state index contributed by atoms with van der Waals surface area (Å²) in [4.78, 5) is 42.5. The van der Waals surface area contributed by atoms with E-state index in [2.05, 4.69) is 5.32 Å². The lowest BCUT2D eigenvalue weighted by Crippen LogP contribution is -2.42. The Bertz CT molecular complexity index is 1490. The molecule has 0 radical (unpaired) electrons. The van der Waals surface area contributed by atoms with Crippen LogP contribution >= 0.6 is 0 Å². The number of anilines is 1. The molecule has 37 heavy (non-hydrogen) atoms. The molecule has 3 heterocycles. The summed E-state index contributed by atoms with van der Waals surface area (Å²) in [5.41, 5.74) is 3.52. The van der Waals surface area contributed by atoms with Crippen LogP contribution in [0.3, 0.4) is 0 Å². The first-order chi connectivity index (χ1) is 18.0. The van der Waals surface area contributed by atoms with Gasteiger partial charge in [-0.15, -0.1) is 0 Å². The Morgan fingerprint density at radius 1 is 0.811 bits per heavy atom. The number of ether oxygens (including phenoxy) is 1. The van der Waals surface area contributed by atoms with Gasteiger partial charge in [0.15, 0.2) is 0 Å². The van der Waals surface area contributed by atoms with Gasteiger partial charge in [0.05, 0.1) is 43.2 Å². The van der Waals surface area contributed by atoms with Crippen LogP contribution in [0.4, 0.5) is 5.69 Å². The molecule has 0 aliphatic carbocycles. The summed E-state index contributed by atoms with van der Waals surface area (Å²) in [6, 6.07) is 23.3. The summed E-state index contributed by atoms with van der Waals surface area (Å²) in [7, 11) is 1.54. The van der Waals surface area contributed by atoms with Crippen LogP contribution in [0.25, 0.3) is 0 Å². The molecule has 0 saturated carbocycles. The molecule has 2 aliphatic rings. The first kappa shape index (κ1) is 22.6. The van der Waals surface area contributed by atoms with Crippen molar-refractivity contribution in [3.8, 4) is 5.75 Å². The summed E-state index contributed by atoms with van der Waals surface area (Å²) < 4.78 is 11.1. The lowest BCUT2D eigenvalue weighted by molar-refractivity contribution is 0.0638. The number of hydrogen-bond donors (Lipinski definition) is 1. The molecule has 1 N–H and O–H groups in total. The fraction of sp³-hybridized carbons (Fsp3) is 0.138. The van der Waals surface area contributed by atoms with Crippen LogP contribution in [0.5, 0.6) is 5.75 Å². The lowest BCUT2D eigenvalue weighted by atomic mass is 10.0. The van der Waals surface area contributed by atoms with E-state index >= 15 is 0 Å². The highest BCUT2D eigenvalue weighted by molar-refractivity contribution is 6.21. The van der Waals surface area contributed by atoms with Crippen molar-refractivity contribution in [2.45, 2.75) is 19.3 Å². The van der Waals surface area contributed by atoms with Crippen LogP contribution in [-0.2, 0) is 13.1 Å². The Morgan fingerprint density at radius 2 is 1.51 bits per heavy atom. The van der Waals surface area contributed by atoms with Crippen molar-refractivity contribution in [3.63, 3.8) is 0 Å². The van der Waals surface area contributed by atoms with E-state index in [1.807, 2.05) is 36.4 Å². The van der Waals surface area contributed by atoms with Crippen LogP contribution in [0.15, 0.2) is 89.5 Å². The molecule has 1 atom stereocenters. The molecule has 0 fully saturated rings. The van der Waals surface area contributed by atoms with Crippen molar-refractivity contribution in [1.29, 1.82) is 0 Å². The number of para-hydroxylation sites is 1. The summed E-state index contributed by atoms with van der Waals surface area (Å²) in [5, 5.41) is 3.47. The number of amides is 3. The highest BCUT2D eigenvalue weighted by Gasteiger charge is 2.37. The molecule has 4 aromatic rings. The number of rotatable bonds is 6. The quantitative estimate of drug-likeness (QED) is 0.386. The van der Waals surface area contributed by atoms with Crippen molar-refractivity contribution in [2.24, 2.45) is 0 Å². The average molecular weight is 494 g/mol. The Balaban J connectivity index is 1.37. The average Bonchev–Trinajstić information content (AvgIpc) is 3.53. The normalized spacial score (nSPS) is 16.5. The number of methoxy groups -OCH3 is 1. The molecule has 3 aromatic carbocycles. The third-order valence-electron chi connectivity index (χ3n) is 6.76. The summed E-state index contributed by atoms with van der Waals surface area (Å²) in [6.07, 6.45) is 1.06. The fourth-order valence-electron chi connectivity index (χ4n) is 4.93. The molecule has 8 nitrogen and oxygen atoms in total. The zero-order valence-electron chi connectivity index (χ0n) is 20.0. The van der Waals surface area contributed by atoms with Gasteiger partial charge in [-0.3, -0.25) is 19.3 Å². The largest absolute Gasteiger partial charge is 0.496 e. The van der Waals surface area contributed by atoms with E-state index in [4.69, 9.17) is 9.15 Å². The molecule has 2 aliphatic heterocycles. The van der Waals surface area contributed by atoms with E-state index in [1.165, 1.54) is 4.90 Å². The van der Waals surface area contributed by atoms with Crippen LogP contribution in [0.1, 0.15) is 54.1 Å². The van der Waals surface area contributed by atoms with E-state index < -0.39 is 6.17 Å². The number of furan rings is 1. The highest BCUT2D eigenvalue weighted by Crippen LogP contribution is 2.36. The predicted molar refractivity (Wildman–Crippen MR) is 135 cm³/mol. The minimum absolute atomic E-state index is 0.0405. The molecule has 0 bridgehead atoms.